The van der Waals surface area contributed by atoms with Crippen LogP contribution in [0, 0.1) is 0 Å². The summed E-state index contributed by atoms with van der Waals surface area (Å²) >= 11 is 3.35. The van der Waals surface area contributed by atoms with Gasteiger partial charge in [-0.05, 0) is 61.9 Å². The van der Waals surface area contributed by atoms with Crippen LogP contribution in [0.1, 0.15) is 29.8 Å². The Kier molecular flexibility index (Phi) is 8.27. The van der Waals surface area contributed by atoms with Crippen LogP contribution in [0.2, 0.25) is 0 Å². The van der Waals surface area contributed by atoms with E-state index in [0.29, 0.717) is 35.7 Å². The average molecular weight is 461 g/mol. The second kappa shape index (κ2) is 10.7. The molecule has 0 saturated carbocycles. The van der Waals surface area contributed by atoms with Crippen molar-refractivity contribution in [2.24, 2.45) is 0 Å². The SMILES string of the molecule is CCN(CC)C(=O)C(=Cc1ccc(OC)c(OC)c1)NC(=O)c1ccc(Br)cc1. The molecule has 0 aliphatic carbocycles. The van der Waals surface area contributed by atoms with Crippen LogP contribution in [0.4, 0.5) is 0 Å². The first-order chi connectivity index (χ1) is 13.9. The molecule has 0 fully saturated rings. The fourth-order valence-corrected chi connectivity index (χ4v) is 3.00. The van der Waals surface area contributed by atoms with Gasteiger partial charge in [0.2, 0.25) is 0 Å². The number of methoxy groups -OCH3 is 2. The van der Waals surface area contributed by atoms with E-state index >= 15 is 0 Å². The Bertz CT molecular complexity index is 890. The minimum absolute atomic E-state index is 0.189. The van der Waals surface area contributed by atoms with Crippen molar-refractivity contribution in [3.8, 4) is 11.5 Å². The molecule has 29 heavy (non-hydrogen) atoms. The van der Waals surface area contributed by atoms with E-state index in [1.807, 2.05) is 13.8 Å². The zero-order valence-electron chi connectivity index (χ0n) is 17.0. The van der Waals surface area contributed by atoms with Gasteiger partial charge in [-0.3, -0.25) is 9.59 Å². The number of benzene rings is 2. The van der Waals surface area contributed by atoms with Gasteiger partial charge in [0.25, 0.3) is 11.8 Å². The van der Waals surface area contributed by atoms with Gasteiger partial charge in [-0.25, -0.2) is 0 Å². The number of rotatable bonds is 8. The Balaban J connectivity index is 2.41. The summed E-state index contributed by atoms with van der Waals surface area (Å²) in [4.78, 5) is 27.3. The third-order valence-corrected chi connectivity index (χ3v) is 4.88. The van der Waals surface area contributed by atoms with E-state index in [1.54, 1.807) is 67.7 Å². The van der Waals surface area contributed by atoms with Crippen LogP contribution in [0.5, 0.6) is 11.5 Å². The van der Waals surface area contributed by atoms with E-state index in [4.69, 9.17) is 9.47 Å². The minimum Gasteiger partial charge on any atom is -0.493 e. The van der Waals surface area contributed by atoms with Crippen molar-refractivity contribution in [1.82, 2.24) is 10.2 Å². The van der Waals surface area contributed by atoms with E-state index in [-0.39, 0.29) is 17.5 Å². The summed E-state index contributed by atoms with van der Waals surface area (Å²) < 4.78 is 11.5. The molecule has 154 valence electrons. The molecule has 0 unspecified atom stereocenters. The summed E-state index contributed by atoms with van der Waals surface area (Å²) in [6, 6.07) is 12.2. The molecule has 2 aromatic carbocycles. The smallest absolute Gasteiger partial charge is 0.270 e. The van der Waals surface area contributed by atoms with Gasteiger partial charge in [0, 0.05) is 23.1 Å². The highest BCUT2D eigenvalue weighted by Gasteiger charge is 2.19. The van der Waals surface area contributed by atoms with Gasteiger partial charge in [-0.2, -0.15) is 0 Å². The summed E-state index contributed by atoms with van der Waals surface area (Å²) in [5.41, 5.74) is 1.35. The number of hydrogen-bond acceptors (Lipinski definition) is 4. The predicted octanol–water partition coefficient (Wildman–Crippen LogP) is 4.11. The van der Waals surface area contributed by atoms with Crippen LogP contribution < -0.4 is 14.8 Å². The molecule has 0 radical (unpaired) electrons. The molecule has 0 aliphatic heterocycles. The molecule has 0 saturated heterocycles. The summed E-state index contributed by atoms with van der Waals surface area (Å²) in [7, 11) is 3.10. The standard InChI is InChI=1S/C22H25BrN2O4/c1-5-25(6-2)22(27)18(24-21(26)16-8-10-17(23)11-9-16)13-15-7-12-19(28-3)20(14-15)29-4/h7-14H,5-6H2,1-4H3,(H,24,26). The maximum absolute atomic E-state index is 13.0. The largest absolute Gasteiger partial charge is 0.493 e. The highest BCUT2D eigenvalue weighted by Crippen LogP contribution is 2.28. The summed E-state index contributed by atoms with van der Waals surface area (Å²) in [5.74, 6) is 0.510. The second-order valence-electron chi connectivity index (χ2n) is 6.11. The van der Waals surface area contributed by atoms with Crippen molar-refractivity contribution < 1.29 is 19.1 Å². The van der Waals surface area contributed by atoms with Crippen molar-refractivity contribution in [1.29, 1.82) is 0 Å². The van der Waals surface area contributed by atoms with Crippen LogP contribution in [-0.4, -0.2) is 44.0 Å². The van der Waals surface area contributed by atoms with Crippen LogP contribution in [0.15, 0.2) is 52.6 Å². The van der Waals surface area contributed by atoms with Crippen LogP contribution >= 0.6 is 15.9 Å². The lowest BCUT2D eigenvalue weighted by Gasteiger charge is -2.21. The number of hydrogen-bond donors (Lipinski definition) is 1. The van der Waals surface area contributed by atoms with E-state index in [2.05, 4.69) is 21.2 Å². The molecule has 2 amide bonds. The minimum atomic E-state index is -0.357. The maximum Gasteiger partial charge on any atom is 0.270 e. The Morgan fingerprint density at radius 3 is 2.17 bits per heavy atom. The molecule has 0 atom stereocenters. The third-order valence-electron chi connectivity index (χ3n) is 4.35. The maximum atomic E-state index is 13.0. The fraction of sp³-hybridized carbons (Fsp3) is 0.273. The van der Waals surface area contributed by atoms with Crippen LogP contribution in [0.25, 0.3) is 6.08 Å². The molecule has 0 heterocycles. The van der Waals surface area contributed by atoms with Gasteiger partial charge in [0.15, 0.2) is 11.5 Å². The molecule has 0 spiro atoms. The van der Waals surface area contributed by atoms with E-state index in [1.165, 1.54) is 0 Å². The highest BCUT2D eigenvalue weighted by molar-refractivity contribution is 9.10. The second-order valence-corrected chi connectivity index (χ2v) is 7.03. The number of carbonyl (C=O) groups excluding carboxylic acids is 2. The van der Waals surface area contributed by atoms with Crippen molar-refractivity contribution in [3.63, 3.8) is 0 Å². The molecule has 0 aromatic heterocycles. The van der Waals surface area contributed by atoms with E-state index in [9.17, 15) is 9.59 Å². The molecular weight excluding hydrogens is 436 g/mol. The topological polar surface area (TPSA) is 67.9 Å². The van der Waals surface area contributed by atoms with Gasteiger partial charge in [-0.15, -0.1) is 0 Å². The Morgan fingerprint density at radius 1 is 1.00 bits per heavy atom. The number of likely N-dealkylation sites (N-methyl/N-ethyl adjacent to an activating group) is 1. The van der Waals surface area contributed by atoms with Crippen LogP contribution in [-0.2, 0) is 4.79 Å². The lowest BCUT2D eigenvalue weighted by Crippen LogP contribution is -2.38. The summed E-state index contributed by atoms with van der Waals surface area (Å²) in [5, 5.41) is 2.76. The molecule has 7 heteroatoms. The number of nitrogens with one attached hydrogen (secondary N) is 1. The Morgan fingerprint density at radius 2 is 1.62 bits per heavy atom. The Labute approximate surface area is 179 Å². The fourth-order valence-electron chi connectivity index (χ4n) is 2.74. The van der Waals surface area contributed by atoms with Gasteiger partial charge in [0.05, 0.1) is 14.2 Å². The molecule has 2 aromatic rings. The van der Waals surface area contributed by atoms with Gasteiger partial charge in [-0.1, -0.05) is 22.0 Å². The normalized spacial score (nSPS) is 11.0. The number of halogens is 1. The molecule has 6 nitrogen and oxygen atoms in total. The predicted molar refractivity (Wildman–Crippen MR) is 117 cm³/mol. The summed E-state index contributed by atoms with van der Waals surface area (Å²) in [6.07, 6.45) is 1.64. The first-order valence-corrected chi connectivity index (χ1v) is 10.0. The monoisotopic (exact) mass is 460 g/mol. The number of ether oxygens (including phenoxy) is 2. The number of nitrogens with zero attached hydrogens (tertiary/aromatic N) is 1. The first kappa shape index (κ1) is 22.5. The highest BCUT2D eigenvalue weighted by atomic mass is 79.9. The molecule has 0 aliphatic rings. The molecule has 1 N–H and O–H groups in total. The summed E-state index contributed by atoms with van der Waals surface area (Å²) in [6.45, 7) is 4.86. The zero-order valence-corrected chi connectivity index (χ0v) is 18.6. The van der Waals surface area contributed by atoms with Crippen molar-refractivity contribution in [3.05, 3.63) is 63.8 Å². The van der Waals surface area contributed by atoms with Crippen molar-refractivity contribution in [2.75, 3.05) is 27.3 Å². The first-order valence-electron chi connectivity index (χ1n) is 9.23. The lowest BCUT2D eigenvalue weighted by atomic mass is 10.1. The molecule has 2 rings (SSSR count). The van der Waals surface area contributed by atoms with Gasteiger partial charge in [0.1, 0.15) is 5.70 Å². The number of amides is 2. The average Bonchev–Trinajstić information content (AvgIpc) is 2.74. The van der Waals surface area contributed by atoms with Crippen LogP contribution in [0.3, 0.4) is 0 Å². The van der Waals surface area contributed by atoms with Crippen molar-refractivity contribution in [2.45, 2.75) is 13.8 Å². The van der Waals surface area contributed by atoms with Gasteiger partial charge >= 0.3 is 0 Å². The van der Waals surface area contributed by atoms with Gasteiger partial charge < -0.3 is 19.7 Å². The quantitative estimate of drug-likeness (QED) is 0.601. The number of carbonyl (C=O) groups is 2. The molecular formula is C22H25BrN2O4. The van der Waals surface area contributed by atoms with Crippen molar-refractivity contribution >= 4 is 33.8 Å². The Hall–Kier alpha value is -2.80. The lowest BCUT2D eigenvalue weighted by molar-refractivity contribution is -0.127. The molecule has 0 bridgehead atoms. The zero-order chi connectivity index (χ0) is 21.4. The van der Waals surface area contributed by atoms with E-state index < -0.39 is 0 Å². The van der Waals surface area contributed by atoms with E-state index in [0.717, 1.165) is 4.47 Å². The third kappa shape index (κ3) is 5.84.